The van der Waals surface area contributed by atoms with E-state index in [0.717, 1.165) is 17.0 Å². The second kappa shape index (κ2) is 2.28. The lowest BCUT2D eigenvalue weighted by Crippen LogP contribution is -2.23. The zero-order chi connectivity index (χ0) is 9.64. The lowest BCUT2D eigenvalue weighted by atomic mass is 9.85. The Bertz CT molecular complexity index is 389. The van der Waals surface area contributed by atoms with Crippen molar-refractivity contribution in [2.75, 3.05) is 0 Å². The Morgan fingerprint density at radius 1 is 1.08 bits per heavy atom. The second-order valence-electron chi connectivity index (χ2n) is 4.00. The second-order valence-corrected chi connectivity index (χ2v) is 4.00. The number of hydrogen-bond acceptors (Lipinski definition) is 2. The van der Waals surface area contributed by atoms with Gasteiger partial charge in [-0.25, -0.2) is 0 Å². The Balaban J connectivity index is 2.74. The Morgan fingerprint density at radius 3 is 2.31 bits per heavy atom. The van der Waals surface area contributed by atoms with Crippen LogP contribution < -0.4 is 11.5 Å². The summed E-state index contributed by atoms with van der Waals surface area (Å²) >= 11 is 0. The fraction of sp³-hybridized carbons (Fsp3) is 0.273. The molecule has 0 unspecified atom stereocenters. The summed E-state index contributed by atoms with van der Waals surface area (Å²) in [7, 11) is 0. The largest absolute Gasteiger partial charge is 0.400 e. The normalized spacial score (nSPS) is 18.9. The van der Waals surface area contributed by atoms with Crippen LogP contribution in [0.1, 0.15) is 25.0 Å². The number of benzene rings is 1. The fourth-order valence-corrected chi connectivity index (χ4v) is 1.89. The number of hydrogen-bond donors (Lipinski definition) is 2. The van der Waals surface area contributed by atoms with Crippen LogP contribution in [0.15, 0.2) is 30.0 Å². The molecule has 0 heterocycles. The van der Waals surface area contributed by atoms with E-state index in [0.29, 0.717) is 0 Å². The molecule has 1 aromatic rings. The van der Waals surface area contributed by atoms with E-state index in [9.17, 15) is 0 Å². The molecular formula is C11H14N2. The molecule has 0 aliphatic heterocycles. The molecule has 0 aromatic heterocycles. The van der Waals surface area contributed by atoms with Gasteiger partial charge in [0.15, 0.2) is 0 Å². The lowest BCUT2D eigenvalue weighted by Gasteiger charge is -2.20. The van der Waals surface area contributed by atoms with Crippen LogP contribution in [0.4, 0.5) is 0 Å². The molecule has 0 fully saturated rings. The minimum Gasteiger partial charge on any atom is -0.400 e. The van der Waals surface area contributed by atoms with Gasteiger partial charge in [-0.05, 0) is 5.56 Å². The van der Waals surface area contributed by atoms with Crippen molar-refractivity contribution in [1.82, 2.24) is 0 Å². The van der Waals surface area contributed by atoms with Crippen LogP contribution in [-0.4, -0.2) is 0 Å². The van der Waals surface area contributed by atoms with Gasteiger partial charge in [0, 0.05) is 16.7 Å². The molecule has 0 saturated heterocycles. The summed E-state index contributed by atoms with van der Waals surface area (Å²) in [4.78, 5) is 0. The maximum absolute atomic E-state index is 5.96. The first-order chi connectivity index (χ1) is 6.05. The zero-order valence-corrected chi connectivity index (χ0v) is 7.96. The molecule has 0 radical (unpaired) electrons. The Labute approximate surface area is 78.2 Å². The molecule has 2 nitrogen and oxygen atoms in total. The average Bonchev–Trinajstić information content (AvgIpc) is 2.30. The monoisotopic (exact) mass is 174 g/mol. The van der Waals surface area contributed by atoms with Crippen molar-refractivity contribution in [3.63, 3.8) is 0 Å². The fourth-order valence-electron chi connectivity index (χ4n) is 1.89. The van der Waals surface area contributed by atoms with E-state index in [2.05, 4.69) is 19.9 Å². The summed E-state index contributed by atoms with van der Waals surface area (Å²) in [6.07, 6.45) is 0. The third kappa shape index (κ3) is 0.886. The molecule has 13 heavy (non-hydrogen) atoms. The van der Waals surface area contributed by atoms with Gasteiger partial charge in [0.1, 0.15) is 0 Å². The topological polar surface area (TPSA) is 52.0 Å². The van der Waals surface area contributed by atoms with Gasteiger partial charge in [0.2, 0.25) is 0 Å². The van der Waals surface area contributed by atoms with Crippen LogP contribution in [0.2, 0.25) is 0 Å². The van der Waals surface area contributed by atoms with Crippen LogP contribution in [0.25, 0.3) is 5.70 Å². The molecule has 1 aliphatic carbocycles. The maximum Gasteiger partial charge on any atom is 0.0590 e. The molecule has 0 amide bonds. The van der Waals surface area contributed by atoms with Gasteiger partial charge < -0.3 is 11.5 Å². The van der Waals surface area contributed by atoms with Crippen molar-refractivity contribution < 1.29 is 0 Å². The van der Waals surface area contributed by atoms with E-state index >= 15 is 0 Å². The quantitative estimate of drug-likeness (QED) is 0.627. The molecule has 2 rings (SSSR count). The van der Waals surface area contributed by atoms with E-state index in [4.69, 9.17) is 11.5 Å². The van der Waals surface area contributed by atoms with Gasteiger partial charge in [-0.2, -0.15) is 0 Å². The number of allylic oxidation sites excluding steroid dienone is 1. The van der Waals surface area contributed by atoms with Gasteiger partial charge >= 0.3 is 0 Å². The van der Waals surface area contributed by atoms with Crippen molar-refractivity contribution in [3.8, 4) is 0 Å². The first kappa shape index (κ1) is 8.17. The molecule has 68 valence electrons. The molecule has 2 heteroatoms. The van der Waals surface area contributed by atoms with E-state index in [1.807, 2.05) is 18.2 Å². The molecule has 0 spiro atoms. The number of nitrogens with two attached hydrogens (primary N) is 2. The highest BCUT2D eigenvalue weighted by molar-refractivity contribution is 5.77. The summed E-state index contributed by atoms with van der Waals surface area (Å²) in [5.74, 6) is 0. The predicted molar refractivity (Wildman–Crippen MR) is 54.8 cm³/mol. The van der Waals surface area contributed by atoms with Crippen molar-refractivity contribution in [2.24, 2.45) is 11.5 Å². The SMILES string of the molecule is CC1(C)C(N)=C(N)c2ccccc21. The van der Waals surface area contributed by atoms with E-state index in [1.165, 1.54) is 5.56 Å². The molecule has 0 atom stereocenters. The van der Waals surface area contributed by atoms with E-state index in [-0.39, 0.29) is 5.41 Å². The summed E-state index contributed by atoms with van der Waals surface area (Å²) < 4.78 is 0. The minimum absolute atomic E-state index is 0.110. The van der Waals surface area contributed by atoms with Gasteiger partial charge in [-0.1, -0.05) is 38.1 Å². The summed E-state index contributed by atoms with van der Waals surface area (Å²) in [5, 5.41) is 0. The van der Waals surface area contributed by atoms with Crippen LogP contribution in [0.5, 0.6) is 0 Å². The third-order valence-electron chi connectivity index (χ3n) is 2.85. The molecule has 1 aromatic carbocycles. The molecule has 1 aliphatic rings. The van der Waals surface area contributed by atoms with Crippen LogP contribution in [0.3, 0.4) is 0 Å². The van der Waals surface area contributed by atoms with E-state index < -0.39 is 0 Å². The minimum atomic E-state index is -0.110. The van der Waals surface area contributed by atoms with Crippen molar-refractivity contribution in [3.05, 3.63) is 41.1 Å². The highest BCUT2D eigenvalue weighted by Crippen LogP contribution is 2.41. The standard InChI is InChI=1S/C11H14N2/c1-11(2)8-6-4-3-5-7(8)9(12)10(11)13/h3-6H,12-13H2,1-2H3. The van der Waals surface area contributed by atoms with Gasteiger partial charge in [-0.3, -0.25) is 0 Å². The summed E-state index contributed by atoms with van der Waals surface area (Å²) in [6.45, 7) is 4.20. The van der Waals surface area contributed by atoms with Crippen molar-refractivity contribution in [1.29, 1.82) is 0 Å². The predicted octanol–water partition coefficient (Wildman–Crippen LogP) is 1.56. The zero-order valence-electron chi connectivity index (χ0n) is 7.96. The average molecular weight is 174 g/mol. The van der Waals surface area contributed by atoms with Gasteiger partial charge in [0.25, 0.3) is 0 Å². The van der Waals surface area contributed by atoms with Crippen molar-refractivity contribution in [2.45, 2.75) is 19.3 Å². The summed E-state index contributed by atoms with van der Waals surface area (Å²) in [6, 6.07) is 8.11. The molecule has 0 saturated carbocycles. The van der Waals surface area contributed by atoms with Gasteiger partial charge in [0.05, 0.1) is 5.70 Å². The lowest BCUT2D eigenvalue weighted by molar-refractivity contribution is 0.630. The molecule has 0 bridgehead atoms. The Hall–Kier alpha value is -1.44. The first-order valence-corrected chi connectivity index (χ1v) is 4.40. The first-order valence-electron chi connectivity index (χ1n) is 4.40. The Kier molecular flexibility index (Phi) is 1.44. The smallest absolute Gasteiger partial charge is 0.0590 e. The third-order valence-corrected chi connectivity index (χ3v) is 2.85. The highest BCUT2D eigenvalue weighted by atomic mass is 14.7. The maximum atomic E-state index is 5.96. The molecular weight excluding hydrogens is 160 g/mol. The summed E-state index contributed by atoms with van der Waals surface area (Å²) in [5.41, 5.74) is 15.6. The highest BCUT2D eigenvalue weighted by Gasteiger charge is 2.34. The molecule has 4 N–H and O–H groups in total. The van der Waals surface area contributed by atoms with Crippen LogP contribution >= 0.6 is 0 Å². The number of fused-ring (bicyclic) bond motifs is 1. The van der Waals surface area contributed by atoms with Crippen LogP contribution in [-0.2, 0) is 5.41 Å². The Morgan fingerprint density at radius 2 is 1.69 bits per heavy atom. The number of rotatable bonds is 0. The van der Waals surface area contributed by atoms with Gasteiger partial charge in [-0.15, -0.1) is 0 Å². The van der Waals surface area contributed by atoms with Crippen LogP contribution in [0, 0.1) is 0 Å². The van der Waals surface area contributed by atoms with Crippen molar-refractivity contribution >= 4 is 5.70 Å². The van der Waals surface area contributed by atoms with E-state index in [1.54, 1.807) is 0 Å².